The highest BCUT2D eigenvalue weighted by molar-refractivity contribution is 7.22. The molecule has 0 saturated carbocycles. The lowest BCUT2D eigenvalue weighted by Gasteiger charge is -2.27. The van der Waals surface area contributed by atoms with Gasteiger partial charge in [0.15, 0.2) is 10.8 Å². The van der Waals surface area contributed by atoms with Crippen LogP contribution in [0.3, 0.4) is 0 Å². The van der Waals surface area contributed by atoms with Crippen LogP contribution in [-0.2, 0) is 11.8 Å². The Morgan fingerprint density at radius 1 is 1.24 bits per heavy atom. The number of morpholine rings is 1. The number of amides is 1. The molecule has 2 aromatic heterocycles. The number of rotatable bonds is 6. The van der Waals surface area contributed by atoms with Crippen molar-refractivity contribution in [2.24, 2.45) is 7.05 Å². The Labute approximate surface area is 174 Å². The van der Waals surface area contributed by atoms with Gasteiger partial charge < -0.3 is 4.74 Å². The second-order valence-corrected chi connectivity index (χ2v) is 8.53. The van der Waals surface area contributed by atoms with Crippen LogP contribution in [0.1, 0.15) is 28.0 Å². The second kappa shape index (κ2) is 8.61. The summed E-state index contributed by atoms with van der Waals surface area (Å²) in [7, 11) is 1.84. The largest absolute Gasteiger partial charge is 0.379 e. The predicted molar refractivity (Wildman–Crippen MR) is 116 cm³/mol. The SMILES string of the molecule is Cc1cn(C)nc1C(=O)N(CCCN1CCOCC1)c1nc2c(C)cccc2s1. The lowest BCUT2D eigenvalue weighted by atomic mass is 10.2. The van der Waals surface area contributed by atoms with Crippen molar-refractivity contribution in [2.45, 2.75) is 20.3 Å². The van der Waals surface area contributed by atoms with Gasteiger partial charge in [-0.05, 0) is 31.9 Å². The fraction of sp³-hybridized carbons (Fsp3) is 0.476. The molecule has 1 aromatic carbocycles. The molecule has 0 unspecified atom stereocenters. The van der Waals surface area contributed by atoms with Crippen LogP contribution in [-0.4, -0.2) is 65.0 Å². The lowest BCUT2D eigenvalue weighted by Crippen LogP contribution is -2.39. The van der Waals surface area contributed by atoms with Crippen LogP contribution in [0.5, 0.6) is 0 Å². The molecule has 1 aliphatic rings. The summed E-state index contributed by atoms with van der Waals surface area (Å²) in [4.78, 5) is 22.4. The molecule has 1 amide bonds. The molecule has 3 aromatic rings. The van der Waals surface area contributed by atoms with Gasteiger partial charge >= 0.3 is 0 Å². The Morgan fingerprint density at radius 3 is 2.72 bits per heavy atom. The molecule has 0 spiro atoms. The van der Waals surface area contributed by atoms with E-state index in [4.69, 9.17) is 9.72 Å². The molecule has 8 heteroatoms. The van der Waals surface area contributed by atoms with Gasteiger partial charge in [-0.3, -0.25) is 19.3 Å². The minimum Gasteiger partial charge on any atom is -0.379 e. The van der Waals surface area contributed by atoms with Crippen LogP contribution in [0.4, 0.5) is 5.13 Å². The number of fused-ring (bicyclic) bond motifs is 1. The summed E-state index contributed by atoms with van der Waals surface area (Å²) in [6.45, 7) is 9.01. The van der Waals surface area contributed by atoms with Gasteiger partial charge in [-0.25, -0.2) is 4.98 Å². The number of para-hydroxylation sites is 1. The lowest BCUT2D eigenvalue weighted by molar-refractivity contribution is 0.0376. The number of anilines is 1. The van der Waals surface area contributed by atoms with Crippen molar-refractivity contribution in [3.63, 3.8) is 0 Å². The van der Waals surface area contributed by atoms with Crippen molar-refractivity contribution < 1.29 is 9.53 Å². The molecule has 4 rings (SSSR count). The summed E-state index contributed by atoms with van der Waals surface area (Å²) in [5, 5.41) is 5.14. The number of nitrogens with zero attached hydrogens (tertiary/aromatic N) is 5. The molecule has 0 aliphatic carbocycles. The molecular formula is C21H27N5O2S. The number of benzene rings is 1. The van der Waals surface area contributed by atoms with Gasteiger partial charge in [0, 0.05) is 45.0 Å². The molecular weight excluding hydrogens is 386 g/mol. The summed E-state index contributed by atoms with van der Waals surface area (Å²) in [5.41, 5.74) is 3.47. The fourth-order valence-electron chi connectivity index (χ4n) is 3.70. The van der Waals surface area contributed by atoms with E-state index >= 15 is 0 Å². The average Bonchev–Trinajstić information content (AvgIpc) is 3.29. The topological polar surface area (TPSA) is 63.5 Å². The van der Waals surface area contributed by atoms with Crippen molar-refractivity contribution in [1.29, 1.82) is 0 Å². The molecule has 1 fully saturated rings. The number of carbonyl (C=O) groups is 1. The molecule has 3 heterocycles. The number of aromatic nitrogens is 3. The van der Waals surface area contributed by atoms with E-state index in [1.807, 2.05) is 26.2 Å². The molecule has 0 N–H and O–H groups in total. The summed E-state index contributed by atoms with van der Waals surface area (Å²) >= 11 is 1.57. The maximum atomic E-state index is 13.4. The van der Waals surface area contributed by atoms with E-state index in [1.54, 1.807) is 20.9 Å². The first kappa shape index (κ1) is 20.0. The first-order valence-electron chi connectivity index (χ1n) is 10.0. The summed E-state index contributed by atoms with van der Waals surface area (Å²) in [5.74, 6) is -0.0817. The number of ether oxygens (including phenoxy) is 1. The van der Waals surface area contributed by atoms with Gasteiger partial charge in [-0.2, -0.15) is 5.10 Å². The normalized spacial score (nSPS) is 15.1. The van der Waals surface area contributed by atoms with Crippen LogP contribution in [0.2, 0.25) is 0 Å². The zero-order chi connectivity index (χ0) is 20.4. The van der Waals surface area contributed by atoms with E-state index in [0.717, 1.165) is 65.7 Å². The standard InChI is InChI=1S/C21H27N5O2S/c1-15-6-4-7-17-18(15)22-21(29-17)26(9-5-8-25-10-12-28-13-11-25)20(27)19-16(2)14-24(3)23-19/h4,6-7,14H,5,8-13H2,1-3H3. The summed E-state index contributed by atoms with van der Waals surface area (Å²) < 4.78 is 8.22. The van der Waals surface area contributed by atoms with Crippen molar-refractivity contribution >= 4 is 32.6 Å². The zero-order valence-corrected chi connectivity index (χ0v) is 18.0. The van der Waals surface area contributed by atoms with E-state index in [0.29, 0.717) is 12.2 Å². The predicted octanol–water partition coefficient (Wildman–Crippen LogP) is 3.02. The maximum Gasteiger partial charge on any atom is 0.280 e. The Morgan fingerprint density at radius 2 is 2.03 bits per heavy atom. The van der Waals surface area contributed by atoms with Gasteiger partial charge in [0.2, 0.25) is 0 Å². The van der Waals surface area contributed by atoms with Crippen LogP contribution in [0, 0.1) is 13.8 Å². The van der Waals surface area contributed by atoms with E-state index in [-0.39, 0.29) is 5.91 Å². The maximum absolute atomic E-state index is 13.4. The third-order valence-corrected chi connectivity index (χ3v) is 6.30. The van der Waals surface area contributed by atoms with Crippen LogP contribution in [0.15, 0.2) is 24.4 Å². The number of hydrogen-bond donors (Lipinski definition) is 0. The van der Waals surface area contributed by atoms with Gasteiger partial charge in [0.05, 0.1) is 23.4 Å². The van der Waals surface area contributed by atoms with Crippen LogP contribution >= 0.6 is 11.3 Å². The second-order valence-electron chi connectivity index (χ2n) is 7.52. The Kier molecular flexibility index (Phi) is 5.94. The smallest absolute Gasteiger partial charge is 0.280 e. The van der Waals surface area contributed by atoms with Crippen molar-refractivity contribution in [2.75, 3.05) is 44.3 Å². The van der Waals surface area contributed by atoms with E-state index in [2.05, 4.69) is 29.1 Å². The molecule has 154 valence electrons. The fourth-order valence-corrected chi connectivity index (χ4v) is 4.77. The molecule has 0 radical (unpaired) electrons. The van der Waals surface area contributed by atoms with Gasteiger partial charge in [0.25, 0.3) is 5.91 Å². The van der Waals surface area contributed by atoms with E-state index < -0.39 is 0 Å². The highest BCUT2D eigenvalue weighted by Crippen LogP contribution is 2.31. The van der Waals surface area contributed by atoms with E-state index in [9.17, 15) is 4.79 Å². The minimum absolute atomic E-state index is 0.0817. The van der Waals surface area contributed by atoms with Crippen LogP contribution in [0.25, 0.3) is 10.2 Å². The molecule has 1 saturated heterocycles. The quantitative estimate of drug-likeness (QED) is 0.622. The average molecular weight is 414 g/mol. The van der Waals surface area contributed by atoms with Crippen molar-refractivity contribution in [3.05, 3.63) is 41.2 Å². The zero-order valence-electron chi connectivity index (χ0n) is 17.2. The summed E-state index contributed by atoms with van der Waals surface area (Å²) in [6, 6.07) is 6.15. The van der Waals surface area contributed by atoms with Gasteiger partial charge in [-0.15, -0.1) is 0 Å². The molecule has 7 nitrogen and oxygen atoms in total. The number of aryl methyl sites for hydroxylation is 3. The van der Waals surface area contributed by atoms with Crippen molar-refractivity contribution in [1.82, 2.24) is 19.7 Å². The van der Waals surface area contributed by atoms with Gasteiger partial charge in [0.1, 0.15) is 0 Å². The first-order valence-corrected chi connectivity index (χ1v) is 10.8. The van der Waals surface area contributed by atoms with Crippen molar-refractivity contribution in [3.8, 4) is 0 Å². The summed E-state index contributed by atoms with van der Waals surface area (Å²) in [6.07, 6.45) is 2.76. The highest BCUT2D eigenvalue weighted by atomic mass is 32.1. The highest BCUT2D eigenvalue weighted by Gasteiger charge is 2.25. The molecule has 0 bridgehead atoms. The molecule has 0 atom stereocenters. The number of thiazole rings is 1. The van der Waals surface area contributed by atoms with Gasteiger partial charge in [-0.1, -0.05) is 23.5 Å². The third kappa shape index (κ3) is 4.34. The Hall–Kier alpha value is -2.29. The number of hydrogen-bond acceptors (Lipinski definition) is 6. The third-order valence-electron chi connectivity index (χ3n) is 5.26. The minimum atomic E-state index is -0.0817. The monoisotopic (exact) mass is 413 g/mol. The van der Waals surface area contributed by atoms with Crippen LogP contribution < -0.4 is 4.90 Å². The first-order chi connectivity index (χ1) is 14.0. The van der Waals surface area contributed by atoms with E-state index in [1.165, 1.54) is 0 Å². The Balaban J connectivity index is 1.59. The number of carbonyl (C=O) groups excluding carboxylic acids is 1. The molecule has 29 heavy (non-hydrogen) atoms. The molecule has 1 aliphatic heterocycles. The Bertz CT molecular complexity index is 1010.